The van der Waals surface area contributed by atoms with Gasteiger partial charge in [0.05, 0.1) is 6.61 Å². The fourth-order valence-electron chi connectivity index (χ4n) is 1.06. The van der Waals surface area contributed by atoms with Gasteiger partial charge in [-0.1, -0.05) is 11.6 Å². The Morgan fingerprint density at radius 3 is 2.17 bits per heavy atom. The Morgan fingerprint density at radius 1 is 1.08 bits per heavy atom. The number of aliphatic hydroxyl groups is 4. The number of aliphatic hydroxyl groups excluding tert-OH is 4. The fourth-order valence-corrected chi connectivity index (χ4v) is 1.34. The van der Waals surface area contributed by atoms with Crippen LogP contribution in [-0.4, -0.2) is 57.0 Å². The van der Waals surface area contributed by atoms with Gasteiger partial charge in [-0.05, 0) is 0 Å². The normalized spacial score (nSPS) is 49.2. The molecule has 0 unspecified atom stereocenters. The van der Waals surface area contributed by atoms with E-state index < -0.39 is 36.6 Å². The largest absolute Gasteiger partial charge is 0.394 e. The van der Waals surface area contributed by atoms with E-state index in [1.165, 1.54) is 0 Å². The third-order valence-electron chi connectivity index (χ3n) is 1.83. The Kier molecular flexibility index (Phi) is 3.28. The molecule has 1 aliphatic heterocycles. The van der Waals surface area contributed by atoms with E-state index in [1.807, 2.05) is 0 Å². The first-order chi connectivity index (χ1) is 5.57. The van der Waals surface area contributed by atoms with Crippen molar-refractivity contribution in [2.24, 2.45) is 0 Å². The number of hydrogen-bond donors (Lipinski definition) is 4. The second-order valence-corrected chi connectivity index (χ2v) is 3.11. The van der Waals surface area contributed by atoms with E-state index in [1.54, 1.807) is 0 Å². The molecule has 0 spiro atoms. The van der Waals surface area contributed by atoms with Gasteiger partial charge in [-0.25, -0.2) is 0 Å². The third-order valence-corrected chi connectivity index (χ3v) is 2.20. The highest BCUT2D eigenvalue weighted by atomic mass is 35.5. The maximum atomic E-state index is 9.17. The van der Waals surface area contributed by atoms with Crippen molar-refractivity contribution in [2.45, 2.75) is 30.0 Å². The van der Waals surface area contributed by atoms with Gasteiger partial charge in [0.2, 0.25) is 0 Å². The summed E-state index contributed by atoms with van der Waals surface area (Å²) in [5.74, 6) is 0. The van der Waals surface area contributed by atoms with Crippen LogP contribution in [0.3, 0.4) is 0 Å². The summed E-state index contributed by atoms with van der Waals surface area (Å²) < 4.78 is 4.79. The molecule has 6 heteroatoms. The average molecular weight is 199 g/mol. The zero-order chi connectivity index (χ0) is 9.30. The molecule has 0 aromatic heterocycles. The average Bonchev–Trinajstić information content (AvgIpc) is 2.08. The lowest BCUT2D eigenvalue weighted by atomic mass is 10.0. The molecule has 12 heavy (non-hydrogen) atoms. The number of hydrogen-bond acceptors (Lipinski definition) is 5. The van der Waals surface area contributed by atoms with Crippen LogP contribution in [0.1, 0.15) is 0 Å². The van der Waals surface area contributed by atoms with Crippen molar-refractivity contribution in [3.05, 3.63) is 0 Å². The molecule has 1 aliphatic rings. The second kappa shape index (κ2) is 3.87. The molecule has 1 fully saturated rings. The lowest BCUT2D eigenvalue weighted by Gasteiger charge is -2.37. The van der Waals surface area contributed by atoms with Gasteiger partial charge in [0, 0.05) is 0 Å². The van der Waals surface area contributed by atoms with Gasteiger partial charge in [0.25, 0.3) is 0 Å². The van der Waals surface area contributed by atoms with Gasteiger partial charge in [-0.2, -0.15) is 0 Å². The summed E-state index contributed by atoms with van der Waals surface area (Å²) >= 11 is 5.45. The van der Waals surface area contributed by atoms with Crippen LogP contribution < -0.4 is 0 Å². The van der Waals surface area contributed by atoms with Crippen molar-refractivity contribution in [1.82, 2.24) is 0 Å². The highest BCUT2D eigenvalue weighted by Crippen LogP contribution is 2.22. The standard InChI is InChI=1S/C6H11ClO5/c7-6-5(11)4(10)3(9)2(1-8)12-6/h2-6,8-11H,1H2/t2-,3+,4+,5-,6+/m1/s1. The van der Waals surface area contributed by atoms with E-state index in [9.17, 15) is 5.11 Å². The molecule has 0 bridgehead atoms. The molecule has 0 radical (unpaired) electrons. The van der Waals surface area contributed by atoms with E-state index in [0.29, 0.717) is 0 Å². The van der Waals surface area contributed by atoms with Crippen molar-refractivity contribution in [1.29, 1.82) is 0 Å². The Hall–Kier alpha value is 0.0900. The van der Waals surface area contributed by atoms with Crippen LogP contribution in [0.15, 0.2) is 0 Å². The lowest BCUT2D eigenvalue weighted by Crippen LogP contribution is -2.56. The van der Waals surface area contributed by atoms with E-state index in [2.05, 4.69) is 0 Å². The summed E-state index contributed by atoms with van der Waals surface area (Å²) in [6, 6.07) is 0. The van der Waals surface area contributed by atoms with Gasteiger partial charge in [-0.15, -0.1) is 0 Å². The molecular weight excluding hydrogens is 188 g/mol. The maximum absolute atomic E-state index is 9.17. The predicted octanol–water partition coefficient (Wildman–Crippen LogP) is -1.97. The maximum Gasteiger partial charge on any atom is 0.160 e. The molecular formula is C6H11ClO5. The Bertz CT molecular complexity index is 150. The topological polar surface area (TPSA) is 90.2 Å². The molecule has 0 aromatic carbocycles. The van der Waals surface area contributed by atoms with Crippen LogP contribution in [0, 0.1) is 0 Å². The van der Waals surface area contributed by atoms with Gasteiger partial charge in [0.15, 0.2) is 5.56 Å². The highest BCUT2D eigenvalue weighted by Gasteiger charge is 2.42. The molecule has 1 rings (SSSR count). The number of rotatable bonds is 1. The number of ether oxygens (including phenoxy) is 1. The first-order valence-corrected chi connectivity index (χ1v) is 3.96. The quantitative estimate of drug-likeness (QED) is 0.367. The Labute approximate surface area is 74.2 Å². The summed E-state index contributed by atoms with van der Waals surface area (Å²) in [6.07, 6.45) is -4.95. The van der Waals surface area contributed by atoms with E-state index in [0.717, 1.165) is 0 Å². The smallest absolute Gasteiger partial charge is 0.160 e. The number of halogens is 1. The molecule has 0 aliphatic carbocycles. The number of alkyl halides is 1. The lowest BCUT2D eigenvalue weighted by molar-refractivity contribution is -0.207. The van der Waals surface area contributed by atoms with Gasteiger partial charge >= 0.3 is 0 Å². The predicted molar refractivity (Wildman–Crippen MR) is 39.6 cm³/mol. The minimum atomic E-state index is -1.38. The molecule has 0 amide bonds. The molecule has 0 saturated carbocycles. The molecule has 5 nitrogen and oxygen atoms in total. The zero-order valence-electron chi connectivity index (χ0n) is 6.17. The summed E-state index contributed by atoms with van der Waals surface area (Å²) in [5.41, 5.74) is -1.10. The Balaban J connectivity index is 2.63. The SMILES string of the molecule is OC[C@H]1O[C@H](Cl)[C@H](O)[C@@H](O)[C@H]1O. The third kappa shape index (κ3) is 1.71. The summed E-state index contributed by atoms with van der Waals surface area (Å²) in [7, 11) is 0. The minimum Gasteiger partial charge on any atom is -0.394 e. The van der Waals surface area contributed by atoms with Crippen molar-refractivity contribution in [3.63, 3.8) is 0 Å². The van der Waals surface area contributed by atoms with Crippen molar-refractivity contribution < 1.29 is 25.2 Å². The molecule has 4 N–H and O–H groups in total. The van der Waals surface area contributed by atoms with E-state index >= 15 is 0 Å². The summed E-state index contributed by atoms with van der Waals surface area (Å²) in [5, 5.41) is 36.0. The summed E-state index contributed by atoms with van der Waals surface area (Å²) in [6.45, 7) is -0.450. The summed E-state index contributed by atoms with van der Waals surface area (Å²) in [4.78, 5) is 0. The van der Waals surface area contributed by atoms with Crippen molar-refractivity contribution >= 4 is 11.6 Å². The van der Waals surface area contributed by atoms with Crippen LogP contribution in [-0.2, 0) is 4.74 Å². The van der Waals surface area contributed by atoms with Gasteiger partial charge < -0.3 is 25.2 Å². The highest BCUT2D eigenvalue weighted by molar-refractivity contribution is 6.20. The zero-order valence-corrected chi connectivity index (χ0v) is 6.92. The fraction of sp³-hybridized carbons (Fsp3) is 1.00. The van der Waals surface area contributed by atoms with Crippen LogP contribution in [0.25, 0.3) is 0 Å². The van der Waals surface area contributed by atoms with Crippen LogP contribution in [0.4, 0.5) is 0 Å². The second-order valence-electron chi connectivity index (χ2n) is 2.68. The first-order valence-electron chi connectivity index (χ1n) is 3.52. The molecule has 0 aromatic rings. The van der Waals surface area contributed by atoms with Crippen LogP contribution in [0.5, 0.6) is 0 Å². The van der Waals surface area contributed by atoms with E-state index in [4.69, 9.17) is 31.7 Å². The minimum absolute atomic E-state index is 0.450. The van der Waals surface area contributed by atoms with Crippen LogP contribution in [0.2, 0.25) is 0 Å². The van der Waals surface area contributed by atoms with Gasteiger partial charge in [-0.3, -0.25) is 0 Å². The van der Waals surface area contributed by atoms with Crippen molar-refractivity contribution in [2.75, 3.05) is 6.61 Å². The first kappa shape index (κ1) is 10.2. The molecule has 5 atom stereocenters. The van der Waals surface area contributed by atoms with E-state index in [-0.39, 0.29) is 0 Å². The van der Waals surface area contributed by atoms with Crippen molar-refractivity contribution in [3.8, 4) is 0 Å². The monoisotopic (exact) mass is 198 g/mol. The van der Waals surface area contributed by atoms with Gasteiger partial charge in [0.1, 0.15) is 24.4 Å². The van der Waals surface area contributed by atoms with Crippen LogP contribution >= 0.6 is 11.6 Å². The Morgan fingerprint density at radius 2 is 1.67 bits per heavy atom. The molecule has 1 saturated heterocycles. The molecule has 1 heterocycles. The molecule has 72 valence electrons.